The molecule has 0 aliphatic carbocycles. The number of nitrogens with one attached hydrogen (secondary N) is 1. The Morgan fingerprint density at radius 3 is 2.94 bits per heavy atom. The van der Waals surface area contributed by atoms with Crippen LogP contribution in [0.25, 0.3) is 0 Å². The number of hydrogen-bond acceptors (Lipinski definition) is 3. The average molecular weight is 275 g/mol. The predicted octanol–water partition coefficient (Wildman–Crippen LogP) is 4.13. The van der Waals surface area contributed by atoms with Gasteiger partial charge in [0.25, 0.3) is 0 Å². The molecule has 1 aliphatic heterocycles. The molecule has 0 fully saturated rings. The summed E-state index contributed by atoms with van der Waals surface area (Å²) in [5.74, 6) is 2.34. The first-order valence-corrected chi connectivity index (χ1v) is 8.24. The monoisotopic (exact) mass is 275 g/mol. The van der Waals surface area contributed by atoms with E-state index in [-0.39, 0.29) is 0 Å². The Labute approximate surface area is 117 Å². The highest BCUT2D eigenvalue weighted by Crippen LogP contribution is 2.31. The molecule has 0 radical (unpaired) electrons. The molecule has 0 saturated carbocycles. The van der Waals surface area contributed by atoms with Gasteiger partial charge in [0.05, 0.1) is 0 Å². The van der Waals surface area contributed by atoms with Crippen LogP contribution in [0.4, 0.5) is 0 Å². The van der Waals surface area contributed by atoms with Crippen LogP contribution < -0.4 is 5.32 Å². The number of aryl methyl sites for hydroxylation is 1. The minimum atomic E-state index is 0.502. The molecule has 2 aromatic rings. The maximum absolute atomic E-state index is 3.70. The highest BCUT2D eigenvalue weighted by Gasteiger charge is 2.19. The molecular weight excluding hydrogens is 258 g/mol. The third-order valence-corrected chi connectivity index (χ3v) is 5.38. The smallest absolute Gasteiger partial charge is 0.0417 e. The van der Waals surface area contributed by atoms with Crippen molar-refractivity contribution in [3.63, 3.8) is 0 Å². The maximum atomic E-state index is 3.70. The van der Waals surface area contributed by atoms with E-state index in [9.17, 15) is 0 Å². The Kier molecular flexibility index (Phi) is 3.73. The van der Waals surface area contributed by atoms with Crippen LogP contribution in [-0.4, -0.2) is 5.75 Å². The number of rotatable bonds is 3. The normalized spacial score (nSPS) is 18.6. The maximum Gasteiger partial charge on any atom is 0.0417 e. The van der Waals surface area contributed by atoms with Gasteiger partial charge in [-0.1, -0.05) is 24.3 Å². The molecule has 1 N–H and O–H groups in total. The Balaban J connectivity index is 1.71. The van der Waals surface area contributed by atoms with Crippen LogP contribution in [-0.2, 0) is 12.3 Å². The molecule has 18 heavy (non-hydrogen) atoms. The van der Waals surface area contributed by atoms with Gasteiger partial charge in [-0.3, -0.25) is 0 Å². The van der Waals surface area contributed by atoms with Gasteiger partial charge in [-0.25, -0.2) is 0 Å². The molecule has 0 spiro atoms. The quantitative estimate of drug-likeness (QED) is 0.903. The third-order valence-electron chi connectivity index (χ3n) is 3.29. The van der Waals surface area contributed by atoms with Crippen molar-refractivity contribution in [1.82, 2.24) is 5.32 Å². The van der Waals surface area contributed by atoms with Crippen molar-refractivity contribution in [2.75, 3.05) is 5.75 Å². The lowest BCUT2D eigenvalue weighted by atomic mass is 10.0. The highest BCUT2D eigenvalue weighted by molar-refractivity contribution is 7.98. The summed E-state index contributed by atoms with van der Waals surface area (Å²) < 4.78 is 0. The molecule has 2 heterocycles. The fourth-order valence-electron chi connectivity index (χ4n) is 2.35. The number of thioether (sulfide) groups is 1. The predicted molar refractivity (Wildman–Crippen MR) is 81.2 cm³/mol. The molecule has 94 valence electrons. The van der Waals surface area contributed by atoms with Crippen LogP contribution in [0.5, 0.6) is 0 Å². The molecule has 1 aromatic heterocycles. The minimum absolute atomic E-state index is 0.502. The first-order chi connectivity index (χ1) is 8.83. The average Bonchev–Trinajstić information content (AvgIpc) is 2.82. The van der Waals surface area contributed by atoms with Crippen molar-refractivity contribution in [3.8, 4) is 0 Å². The van der Waals surface area contributed by atoms with Crippen LogP contribution in [0.15, 0.2) is 36.4 Å². The lowest BCUT2D eigenvalue weighted by molar-refractivity contribution is 0.579. The lowest BCUT2D eigenvalue weighted by Crippen LogP contribution is -2.25. The topological polar surface area (TPSA) is 12.0 Å². The highest BCUT2D eigenvalue weighted by atomic mass is 32.2. The van der Waals surface area contributed by atoms with Crippen LogP contribution in [0.2, 0.25) is 0 Å². The molecule has 3 heteroatoms. The van der Waals surface area contributed by atoms with Crippen molar-refractivity contribution in [1.29, 1.82) is 0 Å². The van der Waals surface area contributed by atoms with Gasteiger partial charge >= 0.3 is 0 Å². The zero-order valence-electron chi connectivity index (χ0n) is 10.5. The molecule has 1 aliphatic rings. The Morgan fingerprint density at radius 1 is 1.22 bits per heavy atom. The molecular formula is C15H17NS2. The standard InChI is InChI=1S/C15H17NS2/c1-11-6-7-13(18-11)8-16-15-10-17-9-12-4-2-3-5-14(12)15/h2-7,15-16H,8-10H2,1H3. The third kappa shape index (κ3) is 2.63. The number of hydrogen-bond donors (Lipinski definition) is 1. The molecule has 1 aromatic carbocycles. The summed E-state index contributed by atoms with van der Waals surface area (Å²) in [6.45, 7) is 3.15. The summed E-state index contributed by atoms with van der Waals surface area (Å²) >= 11 is 3.92. The van der Waals surface area contributed by atoms with Gasteiger partial charge in [-0.15, -0.1) is 11.3 Å². The first kappa shape index (κ1) is 12.3. The largest absolute Gasteiger partial charge is 0.304 e. The van der Waals surface area contributed by atoms with Gasteiger partial charge in [-0.05, 0) is 30.2 Å². The zero-order chi connectivity index (χ0) is 12.4. The SMILES string of the molecule is Cc1ccc(CNC2CSCc3ccccc32)s1. The van der Waals surface area contributed by atoms with E-state index in [1.54, 1.807) is 0 Å². The first-order valence-electron chi connectivity index (χ1n) is 6.27. The molecule has 1 unspecified atom stereocenters. The fraction of sp³-hybridized carbons (Fsp3) is 0.333. The molecule has 0 saturated heterocycles. The van der Waals surface area contributed by atoms with Crippen molar-refractivity contribution < 1.29 is 0 Å². The molecule has 1 atom stereocenters. The van der Waals surface area contributed by atoms with Crippen LogP contribution in [0.3, 0.4) is 0 Å². The molecule has 1 nitrogen and oxygen atoms in total. The summed E-state index contributed by atoms with van der Waals surface area (Å²) in [5, 5.41) is 3.70. The fourth-order valence-corrected chi connectivity index (χ4v) is 4.33. The second-order valence-corrected chi connectivity index (χ2v) is 7.06. The van der Waals surface area contributed by atoms with E-state index in [1.807, 2.05) is 23.1 Å². The van der Waals surface area contributed by atoms with Crippen molar-refractivity contribution in [2.45, 2.75) is 25.3 Å². The zero-order valence-corrected chi connectivity index (χ0v) is 12.1. The number of thiophene rings is 1. The Hall–Kier alpha value is -0.770. The summed E-state index contributed by atoms with van der Waals surface area (Å²) in [4.78, 5) is 2.82. The van der Waals surface area contributed by atoms with E-state index in [0.717, 1.165) is 12.3 Å². The van der Waals surface area contributed by atoms with E-state index in [2.05, 4.69) is 48.6 Å². The van der Waals surface area contributed by atoms with E-state index >= 15 is 0 Å². The molecule has 0 amide bonds. The minimum Gasteiger partial charge on any atom is -0.304 e. The van der Waals surface area contributed by atoms with E-state index in [1.165, 1.54) is 26.6 Å². The summed E-state index contributed by atoms with van der Waals surface area (Å²) in [6, 6.07) is 13.8. The summed E-state index contributed by atoms with van der Waals surface area (Å²) in [7, 11) is 0. The number of benzene rings is 1. The van der Waals surface area contributed by atoms with Gasteiger partial charge < -0.3 is 5.32 Å². The molecule has 0 bridgehead atoms. The second kappa shape index (κ2) is 5.47. The summed E-state index contributed by atoms with van der Waals surface area (Å²) in [6.07, 6.45) is 0. The van der Waals surface area contributed by atoms with Gasteiger partial charge in [0.2, 0.25) is 0 Å². The van der Waals surface area contributed by atoms with Crippen molar-refractivity contribution >= 4 is 23.1 Å². The van der Waals surface area contributed by atoms with Gasteiger partial charge in [0.15, 0.2) is 0 Å². The summed E-state index contributed by atoms with van der Waals surface area (Å²) in [5.41, 5.74) is 2.98. The second-order valence-electron chi connectivity index (χ2n) is 4.66. The Bertz CT molecular complexity index is 533. The van der Waals surface area contributed by atoms with Crippen LogP contribution >= 0.6 is 23.1 Å². The number of fused-ring (bicyclic) bond motifs is 1. The van der Waals surface area contributed by atoms with Gasteiger partial charge in [0.1, 0.15) is 0 Å². The Morgan fingerprint density at radius 2 is 2.11 bits per heavy atom. The van der Waals surface area contributed by atoms with E-state index in [0.29, 0.717) is 6.04 Å². The lowest BCUT2D eigenvalue weighted by Gasteiger charge is -2.26. The van der Waals surface area contributed by atoms with Gasteiger partial charge in [0, 0.05) is 33.8 Å². The van der Waals surface area contributed by atoms with Gasteiger partial charge in [-0.2, -0.15) is 11.8 Å². The van der Waals surface area contributed by atoms with Crippen molar-refractivity contribution in [3.05, 3.63) is 57.3 Å². The van der Waals surface area contributed by atoms with Crippen molar-refractivity contribution in [2.24, 2.45) is 0 Å². The van der Waals surface area contributed by atoms with E-state index in [4.69, 9.17) is 0 Å². The van der Waals surface area contributed by atoms with E-state index < -0.39 is 0 Å². The van der Waals surface area contributed by atoms with Crippen LogP contribution in [0, 0.1) is 6.92 Å². The van der Waals surface area contributed by atoms with Crippen LogP contribution in [0.1, 0.15) is 26.9 Å². The molecule has 3 rings (SSSR count).